The van der Waals surface area contributed by atoms with Crippen molar-refractivity contribution in [3.63, 3.8) is 0 Å². The average Bonchev–Trinajstić information content (AvgIpc) is 2.65. The highest BCUT2D eigenvalue weighted by molar-refractivity contribution is 5.89. The maximum absolute atomic E-state index is 13.5. The quantitative estimate of drug-likeness (QED) is 0.348. The second-order valence-corrected chi connectivity index (χ2v) is 7.30. The van der Waals surface area contributed by atoms with Crippen LogP contribution < -0.4 is 16.1 Å². The number of halogens is 2. The molecule has 29 heavy (non-hydrogen) atoms. The maximum Gasteiger partial charge on any atom is 0.319 e. The number of carbonyl (C=O) groups excluding carboxylic acids is 3. The van der Waals surface area contributed by atoms with Gasteiger partial charge in [0, 0.05) is 25.6 Å². The summed E-state index contributed by atoms with van der Waals surface area (Å²) in [6.07, 6.45) is 0.754. The summed E-state index contributed by atoms with van der Waals surface area (Å²) in [5.74, 6) is -2.39. The molecule has 4 N–H and O–H groups in total. The van der Waals surface area contributed by atoms with Crippen LogP contribution in [0, 0.1) is 23.5 Å². The fourth-order valence-electron chi connectivity index (χ4n) is 2.44. The van der Waals surface area contributed by atoms with E-state index in [0.717, 1.165) is 18.2 Å². The van der Waals surface area contributed by atoms with Gasteiger partial charge in [-0.3, -0.25) is 14.8 Å². The number of hydrogen-bond acceptors (Lipinski definition) is 4. The third-order valence-corrected chi connectivity index (χ3v) is 4.10. The van der Waals surface area contributed by atoms with Crippen LogP contribution in [0.15, 0.2) is 18.2 Å². The molecule has 0 radical (unpaired) electrons. The lowest BCUT2D eigenvalue weighted by atomic mass is 10.1. The predicted molar refractivity (Wildman–Crippen MR) is 103 cm³/mol. The molecule has 4 amide bonds. The van der Waals surface area contributed by atoms with E-state index >= 15 is 0 Å². The highest BCUT2D eigenvalue weighted by atomic mass is 19.1. The van der Waals surface area contributed by atoms with Crippen LogP contribution in [-0.4, -0.2) is 47.6 Å². The zero-order valence-electron chi connectivity index (χ0n) is 16.8. The van der Waals surface area contributed by atoms with Gasteiger partial charge in [-0.1, -0.05) is 20.8 Å². The van der Waals surface area contributed by atoms with Crippen LogP contribution in [0.2, 0.25) is 0 Å². The van der Waals surface area contributed by atoms with Crippen molar-refractivity contribution in [2.24, 2.45) is 11.8 Å². The summed E-state index contributed by atoms with van der Waals surface area (Å²) >= 11 is 0. The molecule has 0 fully saturated rings. The molecule has 0 aliphatic rings. The van der Waals surface area contributed by atoms with E-state index < -0.39 is 23.6 Å². The number of benzene rings is 1. The largest absolute Gasteiger partial charge is 0.338 e. The van der Waals surface area contributed by atoms with E-state index in [1.54, 1.807) is 6.92 Å². The number of nitrogens with zero attached hydrogens (tertiary/aromatic N) is 1. The lowest BCUT2D eigenvalue weighted by Gasteiger charge is -2.24. The smallest absolute Gasteiger partial charge is 0.319 e. The van der Waals surface area contributed by atoms with Crippen LogP contribution in [0.5, 0.6) is 0 Å². The van der Waals surface area contributed by atoms with Gasteiger partial charge in [-0.05, 0) is 30.4 Å². The third kappa shape index (κ3) is 9.33. The molecule has 0 saturated carbocycles. The second kappa shape index (κ2) is 11.9. The highest BCUT2D eigenvalue weighted by Crippen LogP contribution is 2.15. The number of hydroxylamine groups is 1. The lowest BCUT2D eigenvalue weighted by Crippen LogP contribution is -2.42. The highest BCUT2D eigenvalue weighted by Gasteiger charge is 2.20. The Morgan fingerprint density at radius 2 is 1.86 bits per heavy atom. The molecule has 0 bridgehead atoms. The molecule has 0 spiro atoms. The number of hydrogen-bond donors (Lipinski definition) is 4. The molecule has 8 nitrogen and oxygen atoms in total. The molecule has 0 heterocycles. The van der Waals surface area contributed by atoms with Gasteiger partial charge in [-0.25, -0.2) is 19.1 Å². The van der Waals surface area contributed by atoms with Crippen LogP contribution >= 0.6 is 0 Å². The minimum Gasteiger partial charge on any atom is -0.338 e. The molecule has 0 aliphatic carbocycles. The maximum atomic E-state index is 13.5. The summed E-state index contributed by atoms with van der Waals surface area (Å²) in [7, 11) is 0. The fraction of sp³-hybridized carbons (Fsp3) is 0.526. The number of nitrogens with one attached hydrogen (secondary N) is 3. The standard InChI is InChI=1S/C19H28F2N4O4/c1-12(2)6-7-25(11-17(26)24-29)18(27)8-13(3)10-22-19(28)23-16-9-14(20)4-5-15(16)21/h4-5,9,12-13,29H,6-8,10-11H2,1-3H3,(H,24,26)(H2,22,23,28)/t13-/m0/s1. The molecule has 10 heteroatoms. The molecule has 0 saturated heterocycles. The first-order chi connectivity index (χ1) is 13.6. The van der Waals surface area contributed by atoms with Gasteiger partial charge < -0.3 is 15.5 Å². The van der Waals surface area contributed by atoms with Crippen LogP contribution in [-0.2, 0) is 9.59 Å². The number of rotatable bonds is 10. The molecule has 1 rings (SSSR count). The van der Waals surface area contributed by atoms with Gasteiger partial charge in [0.1, 0.15) is 18.2 Å². The van der Waals surface area contributed by atoms with E-state index in [1.807, 2.05) is 13.8 Å². The Kier molecular flexibility index (Phi) is 10.0. The van der Waals surface area contributed by atoms with E-state index in [2.05, 4.69) is 10.6 Å². The molecule has 0 aromatic heterocycles. The van der Waals surface area contributed by atoms with Crippen LogP contribution in [0.25, 0.3) is 0 Å². The van der Waals surface area contributed by atoms with E-state index in [-0.39, 0.29) is 37.0 Å². The Hall–Kier alpha value is -2.75. The van der Waals surface area contributed by atoms with Gasteiger partial charge in [-0.2, -0.15) is 0 Å². The first-order valence-electron chi connectivity index (χ1n) is 9.33. The van der Waals surface area contributed by atoms with Crippen molar-refractivity contribution < 1.29 is 28.4 Å². The first-order valence-corrected chi connectivity index (χ1v) is 9.33. The molecule has 162 valence electrons. The third-order valence-electron chi connectivity index (χ3n) is 4.10. The topological polar surface area (TPSA) is 111 Å². The van der Waals surface area contributed by atoms with Crippen molar-refractivity contribution in [2.75, 3.05) is 25.0 Å². The Morgan fingerprint density at radius 3 is 2.48 bits per heavy atom. The van der Waals surface area contributed by atoms with Crippen molar-refractivity contribution in [1.29, 1.82) is 0 Å². The SMILES string of the molecule is CC(C)CCN(CC(=O)NO)C(=O)C[C@H](C)CNC(=O)Nc1cc(F)ccc1F. The monoisotopic (exact) mass is 414 g/mol. The number of amides is 4. The predicted octanol–water partition coefficient (Wildman–Crippen LogP) is 2.49. The summed E-state index contributed by atoms with van der Waals surface area (Å²) in [5, 5.41) is 13.4. The summed E-state index contributed by atoms with van der Waals surface area (Å²) in [4.78, 5) is 37.1. The molecule has 1 aromatic carbocycles. The Balaban J connectivity index is 2.53. The van der Waals surface area contributed by atoms with Gasteiger partial charge in [0.25, 0.3) is 5.91 Å². The van der Waals surface area contributed by atoms with Gasteiger partial charge in [0.15, 0.2) is 0 Å². The Bertz CT molecular complexity index is 715. The first kappa shape index (κ1) is 24.3. The average molecular weight is 414 g/mol. The van der Waals surface area contributed by atoms with Crippen molar-refractivity contribution in [2.45, 2.75) is 33.6 Å². The van der Waals surface area contributed by atoms with Crippen LogP contribution in [0.1, 0.15) is 33.6 Å². The van der Waals surface area contributed by atoms with Gasteiger partial charge in [0.05, 0.1) is 5.69 Å². The minimum absolute atomic E-state index is 0.0609. The van der Waals surface area contributed by atoms with Gasteiger partial charge in [-0.15, -0.1) is 0 Å². The van der Waals surface area contributed by atoms with E-state index in [4.69, 9.17) is 5.21 Å². The second-order valence-electron chi connectivity index (χ2n) is 7.30. The van der Waals surface area contributed by atoms with Crippen LogP contribution in [0.4, 0.5) is 19.3 Å². The van der Waals surface area contributed by atoms with Crippen molar-refractivity contribution in [3.8, 4) is 0 Å². The Labute approximate surface area is 168 Å². The van der Waals surface area contributed by atoms with Gasteiger partial charge >= 0.3 is 6.03 Å². The van der Waals surface area contributed by atoms with E-state index in [9.17, 15) is 23.2 Å². The molecular formula is C19H28F2N4O4. The zero-order chi connectivity index (χ0) is 22.0. The van der Waals surface area contributed by atoms with E-state index in [0.29, 0.717) is 18.9 Å². The Morgan fingerprint density at radius 1 is 1.17 bits per heavy atom. The summed E-state index contributed by atoms with van der Waals surface area (Å²) in [6.45, 7) is 5.92. The summed E-state index contributed by atoms with van der Waals surface area (Å²) < 4.78 is 26.7. The summed E-state index contributed by atoms with van der Waals surface area (Å²) in [6, 6.07) is 1.97. The minimum atomic E-state index is -0.771. The zero-order valence-corrected chi connectivity index (χ0v) is 16.8. The van der Waals surface area contributed by atoms with Crippen molar-refractivity contribution in [3.05, 3.63) is 29.8 Å². The molecular weight excluding hydrogens is 386 g/mol. The fourth-order valence-corrected chi connectivity index (χ4v) is 2.44. The van der Waals surface area contributed by atoms with E-state index in [1.165, 1.54) is 10.4 Å². The lowest BCUT2D eigenvalue weighted by molar-refractivity contribution is -0.140. The summed E-state index contributed by atoms with van der Waals surface area (Å²) in [5.41, 5.74) is 1.22. The van der Waals surface area contributed by atoms with Crippen molar-refractivity contribution in [1.82, 2.24) is 15.7 Å². The number of urea groups is 1. The number of carbonyl (C=O) groups is 3. The molecule has 0 aliphatic heterocycles. The molecule has 1 aromatic rings. The van der Waals surface area contributed by atoms with Gasteiger partial charge in [0.2, 0.25) is 5.91 Å². The molecule has 0 unspecified atom stereocenters. The molecule has 1 atom stereocenters. The van der Waals surface area contributed by atoms with Crippen molar-refractivity contribution >= 4 is 23.5 Å². The normalized spacial score (nSPS) is 11.7. The number of anilines is 1. The van der Waals surface area contributed by atoms with Crippen LogP contribution in [0.3, 0.4) is 0 Å².